The molecule has 0 saturated carbocycles. The van der Waals surface area contributed by atoms with Crippen LogP contribution in [0.4, 0.5) is 0 Å². The number of hydrogen-bond donors (Lipinski definition) is 4. The van der Waals surface area contributed by atoms with Gasteiger partial charge in [-0.3, -0.25) is 4.79 Å². The van der Waals surface area contributed by atoms with Gasteiger partial charge in [0.1, 0.15) is 0 Å². The molecule has 0 saturated heterocycles. The highest BCUT2D eigenvalue weighted by atomic mass is 16.3. The molecule has 5 heteroatoms. The van der Waals surface area contributed by atoms with Crippen LogP contribution >= 0.6 is 0 Å². The Morgan fingerprint density at radius 3 is 2.33 bits per heavy atom. The van der Waals surface area contributed by atoms with E-state index < -0.39 is 6.04 Å². The zero-order valence-corrected chi connectivity index (χ0v) is 9.49. The Balaban J connectivity index is 3.48. The first kappa shape index (κ1) is 14.3. The standard InChI is InChI=1S/C10H22N2O3/c1-8(2)3-4-11-10(15)5-12-9(6-13)7-14/h8-9,12-14H,3-7H2,1-2H3,(H,11,15). The van der Waals surface area contributed by atoms with Crippen molar-refractivity contribution in [2.75, 3.05) is 26.3 Å². The fraction of sp³-hybridized carbons (Fsp3) is 0.900. The second-order valence-corrected chi connectivity index (χ2v) is 3.98. The number of carbonyl (C=O) groups excluding carboxylic acids is 1. The van der Waals surface area contributed by atoms with Crippen molar-refractivity contribution >= 4 is 5.91 Å². The van der Waals surface area contributed by atoms with Crippen molar-refractivity contribution in [2.45, 2.75) is 26.3 Å². The van der Waals surface area contributed by atoms with Gasteiger partial charge in [0, 0.05) is 6.54 Å². The van der Waals surface area contributed by atoms with Crippen LogP contribution in [0.3, 0.4) is 0 Å². The van der Waals surface area contributed by atoms with Crippen molar-refractivity contribution in [3.05, 3.63) is 0 Å². The van der Waals surface area contributed by atoms with Gasteiger partial charge in [-0.2, -0.15) is 0 Å². The molecule has 1 amide bonds. The van der Waals surface area contributed by atoms with Gasteiger partial charge < -0.3 is 20.8 Å². The number of nitrogens with one attached hydrogen (secondary N) is 2. The minimum atomic E-state index is -0.416. The summed E-state index contributed by atoms with van der Waals surface area (Å²) in [6.07, 6.45) is 0.954. The molecule has 0 rings (SSSR count). The van der Waals surface area contributed by atoms with Gasteiger partial charge in [-0.05, 0) is 12.3 Å². The van der Waals surface area contributed by atoms with E-state index in [0.717, 1.165) is 6.42 Å². The molecule has 0 unspecified atom stereocenters. The molecule has 0 aliphatic heterocycles. The van der Waals surface area contributed by atoms with E-state index >= 15 is 0 Å². The van der Waals surface area contributed by atoms with E-state index in [1.165, 1.54) is 0 Å². The van der Waals surface area contributed by atoms with Crippen molar-refractivity contribution in [3.8, 4) is 0 Å². The summed E-state index contributed by atoms with van der Waals surface area (Å²) in [7, 11) is 0. The summed E-state index contributed by atoms with van der Waals surface area (Å²) in [6.45, 7) is 4.65. The third-order valence-corrected chi connectivity index (χ3v) is 2.04. The first-order chi connectivity index (χ1) is 7.10. The van der Waals surface area contributed by atoms with Crippen LogP contribution in [0.1, 0.15) is 20.3 Å². The van der Waals surface area contributed by atoms with Crippen LogP contribution in [0.2, 0.25) is 0 Å². The molecule has 0 aliphatic rings. The lowest BCUT2D eigenvalue weighted by Gasteiger charge is -2.13. The molecule has 0 aromatic heterocycles. The normalized spacial score (nSPS) is 11.1. The van der Waals surface area contributed by atoms with Crippen molar-refractivity contribution < 1.29 is 15.0 Å². The maximum absolute atomic E-state index is 11.2. The predicted molar refractivity (Wildman–Crippen MR) is 58.4 cm³/mol. The maximum Gasteiger partial charge on any atom is 0.233 e. The lowest BCUT2D eigenvalue weighted by atomic mass is 10.1. The quantitative estimate of drug-likeness (QED) is 0.425. The minimum absolute atomic E-state index is 0.109. The molecular weight excluding hydrogens is 196 g/mol. The molecule has 5 nitrogen and oxygen atoms in total. The summed E-state index contributed by atoms with van der Waals surface area (Å²) in [6, 6.07) is -0.416. The van der Waals surface area contributed by atoms with E-state index in [-0.39, 0.29) is 25.7 Å². The Kier molecular flexibility index (Phi) is 8.27. The predicted octanol–water partition coefficient (Wildman–Crippen LogP) is -0.908. The summed E-state index contributed by atoms with van der Waals surface area (Å²) < 4.78 is 0. The van der Waals surface area contributed by atoms with E-state index in [9.17, 15) is 4.79 Å². The van der Waals surface area contributed by atoms with Crippen LogP contribution in [-0.4, -0.2) is 48.5 Å². The van der Waals surface area contributed by atoms with Gasteiger partial charge >= 0.3 is 0 Å². The van der Waals surface area contributed by atoms with E-state index in [0.29, 0.717) is 12.5 Å². The number of aliphatic hydroxyl groups is 2. The lowest BCUT2D eigenvalue weighted by molar-refractivity contribution is -0.120. The summed E-state index contributed by atoms with van der Waals surface area (Å²) in [5.41, 5.74) is 0. The Hall–Kier alpha value is -0.650. The van der Waals surface area contributed by atoms with Crippen LogP contribution in [-0.2, 0) is 4.79 Å². The molecule has 0 radical (unpaired) electrons. The fourth-order valence-electron chi connectivity index (χ4n) is 0.987. The molecule has 0 aromatic rings. The second kappa shape index (κ2) is 8.64. The van der Waals surface area contributed by atoms with Gasteiger partial charge in [-0.15, -0.1) is 0 Å². The smallest absolute Gasteiger partial charge is 0.233 e. The van der Waals surface area contributed by atoms with Crippen LogP contribution in [0.15, 0.2) is 0 Å². The van der Waals surface area contributed by atoms with Gasteiger partial charge in [-0.1, -0.05) is 13.8 Å². The van der Waals surface area contributed by atoms with Crippen LogP contribution in [0, 0.1) is 5.92 Å². The molecule has 0 fully saturated rings. The molecule has 0 bridgehead atoms. The van der Waals surface area contributed by atoms with Crippen molar-refractivity contribution in [1.82, 2.24) is 10.6 Å². The number of aliphatic hydroxyl groups excluding tert-OH is 2. The average molecular weight is 218 g/mol. The van der Waals surface area contributed by atoms with Crippen LogP contribution < -0.4 is 10.6 Å². The van der Waals surface area contributed by atoms with E-state index in [1.54, 1.807) is 0 Å². The van der Waals surface area contributed by atoms with E-state index in [1.807, 2.05) is 0 Å². The highest BCUT2D eigenvalue weighted by Gasteiger charge is 2.07. The molecule has 0 spiro atoms. The Labute approximate surface area is 90.9 Å². The van der Waals surface area contributed by atoms with Gasteiger partial charge in [0.25, 0.3) is 0 Å². The molecule has 4 N–H and O–H groups in total. The van der Waals surface area contributed by atoms with E-state index in [4.69, 9.17) is 10.2 Å². The first-order valence-corrected chi connectivity index (χ1v) is 5.32. The van der Waals surface area contributed by atoms with E-state index in [2.05, 4.69) is 24.5 Å². The molecule has 0 aromatic carbocycles. The maximum atomic E-state index is 11.2. The largest absolute Gasteiger partial charge is 0.395 e. The molecular formula is C10H22N2O3. The monoisotopic (exact) mass is 218 g/mol. The lowest BCUT2D eigenvalue weighted by Crippen LogP contribution is -2.42. The Morgan fingerprint density at radius 2 is 1.87 bits per heavy atom. The van der Waals surface area contributed by atoms with Crippen molar-refractivity contribution in [1.29, 1.82) is 0 Å². The zero-order valence-electron chi connectivity index (χ0n) is 9.49. The fourth-order valence-corrected chi connectivity index (χ4v) is 0.987. The third-order valence-electron chi connectivity index (χ3n) is 2.04. The summed E-state index contributed by atoms with van der Waals surface area (Å²) in [5.74, 6) is 0.462. The Bertz CT molecular complexity index is 170. The summed E-state index contributed by atoms with van der Waals surface area (Å²) in [5, 5.41) is 23.0. The zero-order chi connectivity index (χ0) is 11.7. The van der Waals surface area contributed by atoms with Crippen LogP contribution in [0.5, 0.6) is 0 Å². The molecule has 0 aliphatic carbocycles. The minimum Gasteiger partial charge on any atom is -0.395 e. The number of hydrogen-bond acceptors (Lipinski definition) is 4. The number of rotatable bonds is 8. The van der Waals surface area contributed by atoms with Crippen molar-refractivity contribution in [3.63, 3.8) is 0 Å². The summed E-state index contributed by atoms with van der Waals surface area (Å²) in [4.78, 5) is 11.2. The second-order valence-electron chi connectivity index (χ2n) is 3.98. The molecule has 0 heterocycles. The Morgan fingerprint density at radius 1 is 1.27 bits per heavy atom. The molecule has 0 atom stereocenters. The molecule has 15 heavy (non-hydrogen) atoms. The third kappa shape index (κ3) is 8.35. The first-order valence-electron chi connectivity index (χ1n) is 5.32. The topological polar surface area (TPSA) is 81.6 Å². The highest BCUT2D eigenvalue weighted by molar-refractivity contribution is 5.77. The molecule has 90 valence electrons. The summed E-state index contributed by atoms with van der Waals surface area (Å²) >= 11 is 0. The van der Waals surface area contributed by atoms with Gasteiger partial charge in [-0.25, -0.2) is 0 Å². The van der Waals surface area contributed by atoms with Gasteiger partial charge in [0.2, 0.25) is 5.91 Å². The van der Waals surface area contributed by atoms with Crippen LogP contribution in [0.25, 0.3) is 0 Å². The van der Waals surface area contributed by atoms with Crippen molar-refractivity contribution in [2.24, 2.45) is 5.92 Å². The average Bonchev–Trinajstić information content (AvgIpc) is 2.18. The highest BCUT2D eigenvalue weighted by Crippen LogP contribution is 1.95. The SMILES string of the molecule is CC(C)CCNC(=O)CNC(CO)CO. The van der Waals surface area contributed by atoms with Gasteiger partial charge in [0.05, 0.1) is 25.8 Å². The number of carbonyl (C=O) groups is 1. The number of amides is 1. The van der Waals surface area contributed by atoms with Gasteiger partial charge in [0.15, 0.2) is 0 Å².